The summed E-state index contributed by atoms with van der Waals surface area (Å²) < 4.78 is 1.48. The number of carbonyl (C=O) groups is 1. The molecule has 0 aliphatic heterocycles. The molecule has 0 radical (unpaired) electrons. The third kappa shape index (κ3) is 4.29. The van der Waals surface area contributed by atoms with E-state index in [9.17, 15) is 9.59 Å². The molecule has 1 aromatic heterocycles. The Hall–Kier alpha value is -2.56. The normalized spacial score (nSPS) is 10.5. The maximum absolute atomic E-state index is 12.4. The van der Waals surface area contributed by atoms with Crippen LogP contribution < -0.4 is 10.9 Å². The second-order valence-electron chi connectivity index (χ2n) is 5.44. The van der Waals surface area contributed by atoms with Crippen LogP contribution in [0.3, 0.4) is 0 Å². The minimum absolute atomic E-state index is 0.191. The van der Waals surface area contributed by atoms with Gasteiger partial charge in [0.15, 0.2) is 0 Å². The molecule has 1 N–H and O–H groups in total. The van der Waals surface area contributed by atoms with Crippen LogP contribution in [0.25, 0.3) is 0 Å². The number of hydrogen-bond acceptors (Lipinski definition) is 2. The zero-order chi connectivity index (χ0) is 17.8. The third-order valence-electron chi connectivity index (χ3n) is 3.63. The molecule has 126 valence electrons. The van der Waals surface area contributed by atoms with Gasteiger partial charge in [0.05, 0.1) is 22.8 Å². The van der Waals surface area contributed by atoms with Gasteiger partial charge in [-0.05, 0) is 35.9 Å². The Morgan fingerprint density at radius 1 is 0.960 bits per heavy atom. The second-order valence-corrected chi connectivity index (χ2v) is 6.29. The van der Waals surface area contributed by atoms with Gasteiger partial charge >= 0.3 is 0 Å². The highest BCUT2D eigenvalue weighted by Gasteiger charge is 2.10. The average molecular weight is 373 g/mol. The lowest BCUT2D eigenvalue weighted by Gasteiger charge is -2.10. The molecule has 0 bridgehead atoms. The van der Waals surface area contributed by atoms with Gasteiger partial charge in [-0.2, -0.15) is 0 Å². The number of para-hydroxylation sites is 1. The van der Waals surface area contributed by atoms with E-state index in [-0.39, 0.29) is 11.5 Å². The van der Waals surface area contributed by atoms with Gasteiger partial charge in [0.1, 0.15) is 0 Å². The molecule has 0 aliphatic carbocycles. The SMILES string of the molecule is O=C(Nc1ccccc1Cl)c1ccc(=O)n(Cc2ccc(Cl)cc2)c1. The molecule has 1 amide bonds. The maximum Gasteiger partial charge on any atom is 0.257 e. The lowest BCUT2D eigenvalue weighted by Crippen LogP contribution is -2.22. The number of pyridine rings is 1. The Labute approximate surface area is 154 Å². The fourth-order valence-electron chi connectivity index (χ4n) is 2.33. The fraction of sp³-hybridized carbons (Fsp3) is 0.0526. The lowest BCUT2D eigenvalue weighted by atomic mass is 10.2. The van der Waals surface area contributed by atoms with Gasteiger partial charge in [0.25, 0.3) is 11.5 Å². The van der Waals surface area contributed by atoms with Crippen molar-refractivity contribution in [2.75, 3.05) is 5.32 Å². The number of aromatic nitrogens is 1. The van der Waals surface area contributed by atoms with Crippen LogP contribution in [-0.4, -0.2) is 10.5 Å². The van der Waals surface area contributed by atoms with E-state index in [0.717, 1.165) is 5.56 Å². The number of hydrogen-bond donors (Lipinski definition) is 1. The molecular formula is C19H14Cl2N2O2. The van der Waals surface area contributed by atoms with Crippen LogP contribution in [0.1, 0.15) is 15.9 Å². The van der Waals surface area contributed by atoms with Crippen LogP contribution in [-0.2, 0) is 6.54 Å². The van der Waals surface area contributed by atoms with Gasteiger partial charge in [0.2, 0.25) is 0 Å². The number of nitrogens with zero attached hydrogens (tertiary/aromatic N) is 1. The number of amides is 1. The minimum atomic E-state index is -0.335. The molecule has 0 saturated carbocycles. The molecule has 3 aromatic rings. The minimum Gasteiger partial charge on any atom is -0.321 e. The molecule has 25 heavy (non-hydrogen) atoms. The summed E-state index contributed by atoms with van der Waals surface area (Å²) in [6.07, 6.45) is 1.53. The van der Waals surface area contributed by atoms with Crippen molar-refractivity contribution in [1.29, 1.82) is 0 Å². The molecule has 0 fully saturated rings. The highest BCUT2D eigenvalue weighted by molar-refractivity contribution is 6.33. The predicted octanol–water partition coefficient (Wildman–Crippen LogP) is 4.46. The predicted molar refractivity (Wildman–Crippen MR) is 101 cm³/mol. The first-order valence-electron chi connectivity index (χ1n) is 7.54. The molecule has 6 heteroatoms. The summed E-state index contributed by atoms with van der Waals surface area (Å²) >= 11 is 11.9. The zero-order valence-electron chi connectivity index (χ0n) is 13.1. The van der Waals surface area contributed by atoms with E-state index in [1.165, 1.54) is 22.9 Å². The van der Waals surface area contributed by atoms with Gasteiger partial charge < -0.3 is 9.88 Å². The van der Waals surface area contributed by atoms with Crippen molar-refractivity contribution in [2.45, 2.75) is 6.54 Å². The van der Waals surface area contributed by atoms with Gasteiger partial charge in [0, 0.05) is 17.3 Å². The van der Waals surface area contributed by atoms with Gasteiger partial charge in [-0.25, -0.2) is 0 Å². The van der Waals surface area contributed by atoms with Crippen molar-refractivity contribution in [1.82, 2.24) is 4.57 Å². The van der Waals surface area contributed by atoms with E-state index in [1.807, 2.05) is 12.1 Å². The summed E-state index contributed by atoms with van der Waals surface area (Å²) in [5, 5.41) is 3.82. The van der Waals surface area contributed by atoms with E-state index in [0.29, 0.717) is 27.8 Å². The summed E-state index contributed by atoms with van der Waals surface area (Å²) in [5.74, 6) is -0.335. The van der Waals surface area contributed by atoms with Crippen LogP contribution in [0.15, 0.2) is 71.7 Å². The van der Waals surface area contributed by atoms with E-state index >= 15 is 0 Å². The summed E-state index contributed by atoms with van der Waals surface area (Å²) in [6.45, 7) is 0.350. The standard InChI is InChI=1S/C19H14Cl2N2O2/c20-15-8-5-13(6-9-15)11-23-12-14(7-10-18(23)24)19(25)22-17-4-2-1-3-16(17)21/h1-10,12H,11H2,(H,22,25). The van der Waals surface area contributed by atoms with E-state index in [4.69, 9.17) is 23.2 Å². The molecule has 1 heterocycles. The van der Waals surface area contributed by atoms with Crippen LogP contribution in [0.2, 0.25) is 10.0 Å². The summed E-state index contributed by atoms with van der Waals surface area (Å²) in [4.78, 5) is 24.5. The largest absolute Gasteiger partial charge is 0.321 e. The van der Waals surface area contributed by atoms with E-state index in [2.05, 4.69) is 5.32 Å². The van der Waals surface area contributed by atoms with Gasteiger partial charge in [-0.1, -0.05) is 47.5 Å². The number of benzene rings is 2. The van der Waals surface area contributed by atoms with E-state index in [1.54, 1.807) is 36.4 Å². The van der Waals surface area contributed by atoms with E-state index < -0.39 is 0 Å². The molecular weight excluding hydrogens is 359 g/mol. The quantitative estimate of drug-likeness (QED) is 0.734. The van der Waals surface area contributed by atoms with Crippen molar-refractivity contribution in [3.8, 4) is 0 Å². The van der Waals surface area contributed by atoms with Crippen molar-refractivity contribution in [3.05, 3.63) is 98.4 Å². The van der Waals surface area contributed by atoms with Crippen LogP contribution in [0, 0.1) is 0 Å². The lowest BCUT2D eigenvalue weighted by molar-refractivity contribution is 0.102. The van der Waals surface area contributed by atoms with Crippen molar-refractivity contribution in [2.24, 2.45) is 0 Å². The summed E-state index contributed by atoms with van der Waals surface area (Å²) in [5.41, 5.74) is 1.61. The van der Waals surface area contributed by atoms with Gasteiger partial charge in [-0.15, -0.1) is 0 Å². The molecule has 0 spiro atoms. The molecule has 0 atom stereocenters. The number of nitrogens with one attached hydrogen (secondary N) is 1. The number of rotatable bonds is 4. The number of halogens is 2. The Morgan fingerprint density at radius 3 is 2.40 bits per heavy atom. The Bertz CT molecular complexity index is 966. The monoisotopic (exact) mass is 372 g/mol. The van der Waals surface area contributed by atoms with Crippen LogP contribution >= 0.6 is 23.2 Å². The maximum atomic E-state index is 12.4. The Morgan fingerprint density at radius 2 is 1.68 bits per heavy atom. The first kappa shape index (κ1) is 17.3. The highest BCUT2D eigenvalue weighted by Crippen LogP contribution is 2.21. The van der Waals surface area contributed by atoms with Crippen LogP contribution in [0.4, 0.5) is 5.69 Å². The number of anilines is 1. The molecule has 0 aliphatic rings. The second kappa shape index (κ2) is 7.55. The number of carbonyl (C=O) groups excluding carboxylic acids is 1. The Balaban J connectivity index is 1.83. The summed E-state index contributed by atoms with van der Waals surface area (Å²) in [6, 6.07) is 17.0. The molecule has 2 aromatic carbocycles. The summed E-state index contributed by atoms with van der Waals surface area (Å²) in [7, 11) is 0. The topological polar surface area (TPSA) is 51.1 Å². The molecule has 4 nitrogen and oxygen atoms in total. The van der Waals surface area contributed by atoms with Crippen molar-refractivity contribution >= 4 is 34.8 Å². The molecule has 3 rings (SSSR count). The first-order valence-corrected chi connectivity index (χ1v) is 8.29. The average Bonchev–Trinajstić information content (AvgIpc) is 2.60. The highest BCUT2D eigenvalue weighted by atomic mass is 35.5. The Kier molecular flexibility index (Phi) is 5.22. The zero-order valence-corrected chi connectivity index (χ0v) is 14.6. The van der Waals surface area contributed by atoms with Crippen molar-refractivity contribution < 1.29 is 4.79 Å². The smallest absolute Gasteiger partial charge is 0.257 e. The van der Waals surface area contributed by atoms with Crippen LogP contribution in [0.5, 0.6) is 0 Å². The molecule has 0 saturated heterocycles. The third-order valence-corrected chi connectivity index (χ3v) is 4.22. The van der Waals surface area contributed by atoms with Gasteiger partial charge in [-0.3, -0.25) is 9.59 Å². The molecule has 0 unspecified atom stereocenters. The fourth-order valence-corrected chi connectivity index (χ4v) is 2.64. The van der Waals surface area contributed by atoms with Crippen molar-refractivity contribution in [3.63, 3.8) is 0 Å². The first-order chi connectivity index (χ1) is 12.0.